The highest BCUT2D eigenvalue weighted by molar-refractivity contribution is 4.91. The SMILES string of the molecule is CNCC1(CN2CCC(CCO)C2)CCC(C)CC1. The third kappa shape index (κ3) is 4.17. The van der Waals surface area contributed by atoms with Gasteiger partial charge >= 0.3 is 0 Å². The molecule has 3 heteroatoms. The molecule has 1 aliphatic carbocycles. The Balaban J connectivity index is 1.87. The number of hydrogen-bond acceptors (Lipinski definition) is 3. The average Bonchev–Trinajstić information content (AvgIpc) is 2.81. The van der Waals surface area contributed by atoms with Gasteiger partial charge in [0, 0.05) is 26.2 Å². The molecule has 2 rings (SSSR count). The molecule has 0 bridgehead atoms. The van der Waals surface area contributed by atoms with E-state index in [4.69, 9.17) is 5.11 Å². The zero-order valence-corrected chi connectivity index (χ0v) is 12.8. The second kappa shape index (κ2) is 7.05. The molecule has 2 N–H and O–H groups in total. The highest BCUT2D eigenvalue weighted by Gasteiger charge is 2.36. The molecule has 3 nitrogen and oxygen atoms in total. The number of aliphatic hydroxyl groups is 1. The number of nitrogens with zero attached hydrogens (tertiary/aromatic N) is 1. The smallest absolute Gasteiger partial charge is 0.0434 e. The summed E-state index contributed by atoms with van der Waals surface area (Å²) in [6.45, 7) is 7.64. The van der Waals surface area contributed by atoms with Gasteiger partial charge in [0.25, 0.3) is 0 Å². The monoisotopic (exact) mass is 268 g/mol. The Hall–Kier alpha value is -0.120. The summed E-state index contributed by atoms with van der Waals surface area (Å²) < 4.78 is 0. The fourth-order valence-corrected chi connectivity index (χ4v) is 4.09. The molecule has 0 radical (unpaired) electrons. The first kappa shape index (κ1) is 15.3. The van der Waals surface area contributed by atoms with E-state index in [9.17, 15) is 0 Å². The maximum atomic E-state index is 9.07. The van der Waals surface area contributed by atoms with Crippen LogP contribution in [-0.2, 0) is 0 Å². The molecule has 0 aromatic heterocycles. The zero-order valence-electron chi connectivity index (χ0n) is 12.8. The zero-order chi connectivity index (χ0) is 13.7. The van der Waals surface area contributed by atoms with Gasteiger partial charge in [-0.3, -0.25) is 0 Å². The Morgan fingerprint density at radius 3 is 2.63 bits per heavy atom. The summed E-state index contributed by atoms with van der Waals surface area (Å²) in [5.41, 5.74) is 0.509. The van der Waals surface area contributed by atoms with Gasteiger partial charge in [-0.2, -0.15) is 0 Å². The second-order valence-electron chi connectivity index (χ2n) is 7.11. The van der Waals surface area contributed by atoms with Crippen LogP contribution in [0.25, 0.3) is 0 Å². The van der Waals surface area contributed by atoms with E-state index in [0.717, 1.165) is 18.3 Å². The van der Waals surface area contributed by atoms with Crippen molar-refractivity contribution >= 4 is 0 Å². The maximum absolute atomic E-state index is 9.07. The molecule has 0 amide bonds. The van der Waals surface area contributed by atoms with Crippen molar-refractivity contribution in [2.75, 3.05) is 39.8 Å². The summed E-state index contributed by atoms with van der Waals surface area (Å²) in [6.07, 6.45) is 7.84. The van der Waals surface area contributed by atoms with E-state index in [1.54, 1.807) is 0 Å². The van der Waals surface area contributed by atoms with Crippen molar-refractivity contribution in [2.45, 2.75) is 45.4 Å². The van der Waals surface area contributed by atoms with Crippen LogP contribution < -0.4 is 5.32 Å². The molecule has 1 atom stereocenters. The maximum Gasteiger partial charge on any atom is 0.0434 e. The van der Waals surface area contributed by atoms with E-state index in [-0.39, 0.29) is 0 Å². The molecular weight excluding hydrogens is 236 g/mol. The molecule has 0 aromatic rings. The molecule has 1 saturated carbocycles. The molecule has 2 aliphatic rings. The molecule has 112 valence electrons. The first-order valence-corrected chi connectivity index (χ1v) is 8.15. The molecule has 1 heterocycles. The Labute approximate surface area is 118 Å². The minimum atomic E-state index is 0.359. The van der Waals surface area contributed by atoms with Gasteiger partial charge in [0.1, 0.15) is 0 Å². The lowest BCUT2D eigenvalue weighted by atomic mass is 9.70. The van der Waals surface area contributed by atoms with Gasteiger partial charge in [0.05, 0.1) is 0 Å². The van der Waals surface area contributed by atoms with E-state index < -0.39 is 0 Å². The predicted molar refractivity (Wildman–Crippen MR) is 80.2 cm³/mol. The number of likely N-dealkylation sites (tertiary alicyclic amines) is 1. The Morgan fingerprint density at radius 1 is 1.26 bits per heavy atom. The molecule has 0 spiro atoms. The van der Waals surface area contributed by atoms with Gasteiger partial charge < -0.3 is 15.3 Å². The number of rotatable bonds is 6. The highest BCUT2D eigenvalue weighted by Crippen LogP contribution is 2.40. The van der Waals surface area contributed by atoms with Crippen LogP contribution in [-0.4, -0.2) is 49.8 Å². The van der Waals surface area contributed by atoms with Crippen LogP contribution in [0.5, 0.6) is 0 Å². The fourth-order valence-electron chi connectivity index (χ4n) is 4.09. The van der Waals surface area contributed by atoms with Crippen molar-refractivity contribution in [3.63, 3.8) is 0 Å². The lowest BCUT2D eigenvalue weighted by molar-refractivity contribution is 0.0976. The first-order valence-electron chi connectivity index (χ1n) is 8.15. The Morgan fingerprint density at radius 2 is 2.00 bits per heavy atom. The van der Waals surface area contributed by atoms with Gasteiger partial charge in [0.15, 0.2) is 0 Å². The quantitative estimate of drug-likeness (QED) is 0.774. The lowest BCUT2D eigenvalue weighted by Crippen LogP contribution is -2.45. The van der Waals surface area contributed by atoms with Crippen molar-refractivity contribution in [3.8, 4) is 0 Å². The minimum Gasteiger partial charge on any atom is -0.396 e. The number of aliphatic hydroxyl groups excluding tert-OH is 1. The van der Waals surface area contributed by atoms with Crippen LogP contribution in [0.4, 0.5) is 0 Å². The third-order valence-electron chi connectivity index (χ3n) is 5.35. The number of nitrogens with one attached hydrogen (secondary N) is 1. The molecule has 0 aromatic carbocycles. The normalized spacial score (nSPS) is 36.8. The van der Waals surface area contributed by atoms with Crippen LogP contribution in [0.1, 0.15) is 45.4 Å². The molecule has 1 unspecified atom stereocenters. The molecule has 1 saturated heterocycles. The Kier molecular flexibility index (Phi) is 5.67. The van der Waals surface area contributed by atoms with Crippen molar-refractivity contribution < 1.29 is 5.11 Å². The molecule has 19 heavy (non-hydrogen) atoms. The largest absolute Gasteiger partial charge is 0.396 e. The summed E-state index contributed by atoms with van der Waals surface area (Å²) >= 11 is 0. The van der Waals surface area contributed by atoms with E-state index in [1.165, 1.54) is 58.3 Å². The van der Waals surface area contributed by atoms with E-state index in [1.807, 2.05) is 0 Å². The van der Waals surface area contributed by atoms with E-state index in [2.05, 4.69) is 24.2 Å². The number of hydrogen-bond donors (Lipinski definition) is 2. The fraction of sp³-hybridized carbons (Fsp3) is 1.00. The second-order valence-corrected chi connectivity index (χ2v) is 7.11. The van der Waals surface area contributed by atoms with Crippen molar-refractivity contribution in [2.24, 2.45) is 17.3 Å². The minimum absolute atomic E-state index is 0.359. The van der Waals surface area contributed by atoms with Crippen molar-refractivity contribution in [1.82, 2.24) is 10.2 Å². The van der Waals surface area contributed by atoms with Gasteiger partial charge in [-0.15, -0.1) is 0 Å². The Bertz CT molecular complexity index is 261. The topological polar surface area (TPSA) is 35.5 Å². The molecular formula is C16H32N2O. The van der Waals surface area contributed by atoms with Gasteiger partial charge in [0.2, 0.25) is 0 Å². The summed E-state index contributed by atoms with van der Waals surface area (Å²) in [5.74, 6) is 1.66. The standard InChI is InChI=1S/C16H32N2O/c1-14-3-7-16(8-4-14,12-17-2)13-18-9-5-15(11-18)6-10-19/h14-15,17,19H,3-13H2,1-2H3. The summed E-state index contributed by atoms with van der Waals surface area (Å²) in [5, 5.41) is 12.5. The van der Waals surface area contributed by atoms with Gasteiger partial charge in [-0.05, 0) is 56.5 Å². The van der Waals surface area contributed by atoms with E-state index in [0.29, 0.717) is 12.0 Å². The first-order chi connectivity index (χ1) is 9.17. The summed E-state index contributed by atoms with van der Waals surface area (Å²) in [4.78, 5) is 2.66. The van der Waals surface area contributed by atoms with E-state index >= 15 is 0 Å². The van der Waals surface area contributed by atoms with Crippen molar-refractivity contribution in [3.05, 3.63) is 0 Å². The van der Waals surface area contributed by atoms with Crippen LogP contribution in [0.2, 0.25) is 0 Å². The average molecular weight is 268 g/mol. The van der Waals surface area contributed by atoms with Crippen molar-refractivity contribution in [1.29, 1.82) is 0 Å². The van der Waals surface area contributed by atoms with Gasteiger partial charge in [-0.1, -0.05) is 19.8 Å². The molecule has 2 fully saturated rings. The summed E-state index contributed by atoms with van der Waals surface area (Å²) in [6, 6.07) is 0. The van der Waals surface area contributed by atoms with Crippen LogP contribution in [0.3, 0.4) is 0 Å². The van der Waals surface area contributed by atoms with Crippen LogP contribution in [0, 0.1) is 17.3 Å². The predicted octanol–water partition coefficient (Wildman–Crippen LogP) is 2.11. The van der Waals surface area contributed by atoms with Crippen LogP contribution in [0.15, 0.2) is 0 Å². The lowest BCUT2D eigenvalue weighted by Gasteiger charge is -2.42. The third-order valence-corrected chi connectivity index (χ3v) is 5.35. The molecule has 1 aliphatic heterocycles. The summed E-state index contributed by atoms with van der Waals surface area (Å²) in [7, 11) is 2.10. The van der Waals surface area contributed by atoms with Gasteiger partial charge in [-0.25, -0.2) is 0 Å². The van der Waals surface area contributed by atoms with Crippen LogP contribution >= 0.6 is 0 Å². The highest BCUT2D eigenvalue weighted by atomic mass is 16.3.